The van der Waals surface area contributed by atoms with Gasteiger partial charge < -0.3 is 9.47 Å². The van der Waals surface area contributed by atoms with Gasteiger partial charge >= 0.3 is 5.97 Å². The molecule has 0 spiro atoms. The third-order valence-corrected chi connectivity index (χ3v) is 3.05. The van der Waals surface area contributed by atoms with Crippen LogP contribution >= 0.6 is 0 Å². The van der Waals surface area contributed by atoms with Gasteiger partial charge in [0.05, 0.1) is 12.7 Å². The van der Waals surface area contributed by atoms with E-state index < -0.39 is 0 Å². The molecule has 2 atom stereocenters. The van der Waals surface area contributed by atoms with Crippen LogP contribution in [0.15, 0.2) is 0 Å². The van der Waals surface area contributed by atoms with E-state index in [1.807, 2.05) is 0 Å². The van der Waals surface area contributed by atoms with Gasteiger partial charge in [-0.1, -0.05) is 45.4 Å². The van der Waals surface area contributed by atoms with E-state index in [0.29, 0.717) is 6.61 Å². The van der Waals surface area contributed by atoms with Gasteiger partial charge in [-0.15, -0.1) is 0 Å². The molecule has 1 heterocycles. The summed E-state index contributed by atoms with van der Waals surface area (Å²) in [6.45, 7) is 4.27. The zero-order chi connectivity index (χ0) is 11.8. The predicted octanol–water partition coefficient (Wildman–Crippen LogP) is 3.07. The normalized spacial score (nSPS) is 23.9. The molecule has 1 fully saturated rings. The highest BCUT2D eigenvalue weighted by atomic mass is 16.6. The highest BCUT2D eigenvalue weighted by Crippen LogP contribution is 2.22. The summed E-state index contributed by atoms with van der Waals surface area (Å²) in [5.74, 6) is -0.193. The number of unbranched alkanes of at least 4 members (excludes halogenated alkanes) is 5. The largest absolute Gasteiger partial charge is 0.457 e. The second kappa shape index (κ2) is 7.66. The van der Waals surface area contributed by atoms with Crippen molar-refractivity contribution in [1.82, 2.24) is 0 Å². The summed E-state index contributed by atoms with van der Waals surface area (Å²) in [5.41, 5.74) is 0. The fraction of sp³-hybridized carbons (Fsp3) is 0.923. The minimum Gasteiger partial charge on any atom is -0.457 e. The molecule has 1 aliphatic rings. The summed E-state index contributed by atoms with van der Waals surface area (Å²) in [6, 6.07) is 0. The van der Waals surface area contributed by atoms with Crippen LogP contribution in [0.1, 0.15) is 58.8 Å². The Labute approximate surface area is 98.5 Å². The molecule has 1 rings (SSSR count). The maximum Gasteiger partial charge on any atom is 0.303 e. The summed E-state index contributed by atoms with van der Waals surface area (Å²) >= 11 is 0. The predicted molar refractivity (Wildman–Crippen MR) is 63.3 cm³/mol. The van der Waals surface area contributed by atoms with Gasteiger partial charge in [0.15, 0.2) is 6.10 Å². The summed E-state index contributed by atoms with van der Waals surface area (Å²) in [6.07, 6.45) is 8.97. The Morgan fingerprint density at radius 3 is 2.50 bits per heavy atom. The number of rotatable bonds is 8. The standard InChI is InChI=1S/C13H24O3/c1-3-4-5-6-7-8-9-12-13(10-15-12)16-11(2)14/h12-13H,3-10H2,1-2H3/t12-,13?/m0/s1. The molecule has 0 amide bonds. The van der Waals surface area contributed by atoms with Crippen molar-refractivity contribution in [2.24, 2.45) is 0 Å². The van der Waals surface area contributed by atoms with Crippen molar-refractivity contribution in [1.29, 1.82) is 0 Å². The fourth-order valence-corrected chi connectivity index (χ4v) is 2.03. The number of ether oxygens (including phenoxy) is 2. The van der Waals surface area contributed by atoms with E-state index in [2.05, 4.69) is 6.92 Å². The summed E-state index contributed by atoms with van der Waals surface area (Å²) in [5, 5.41) is 0. The van der Waals surface area contributed by atoms with Crippen LogP contribution in [0.3, 0.4) is 0 Å². The van der Waals surface area contributed by atoms with Crippen LogP contribution in [0.25, 0.3) is 0 Å². The van der Waals surface area contributed by atoms with Gasteiger partial charge in [-0.3, -0.25) is 4.79 Å². The van der Waals surface area contributed by atoms with Crippen LogP contribution in [0, 0.1) is 0 Å². The minimum atomic E-state index is -0.193. The Kier molecular flexibility index (Phi) is 6.46. The first kappa shape index (κ1) is 13.5. The molecule has 16 heavy (non-hydrogen) atoms. The van der Waals surface area contributed by atoms with Crippen molar-refractivity contribution in [3.05, 3.63) is 0 Å². The van der Waals surface area contributed by atoms with Crippen molar-refractivity contribution in [3.8, 4) is 0 Å². The minimum absolute atomic E-state index is 0.0214. The van der Waals surface area contributed by atoms with E-state index >= 15 is 0 Å². The molecule has 3 heteroatoms. The average Bonchev–Trinajstić information content (AvgIpc) is 2.23. The molecule has 0 aromatic rings. The number of hydrogen-bond donors (Lipinski definition) is 0. The lowest BCUT2D eigenvalue weighted by Crippen LogP contribution is -2.47. The Morgan fingerprint density at radius 2 is 1.94 bits per heavy atom. The molecule has 0 aromatic heterocycles. The summed E-state index contributed by atoms with van der Waals surface area (Å²) in [4.78, 5) is 10.8. The first-order valence-electron chi connectivity index (χ1n) is 6.53. The molecule has 0 aromatic carbocycles. The molecular weight excluding hydrogens is 204 g/mol. The third kappa shape index (κ3) is 4.97. The summed E-state index contributed by atoms with van der Waals surface area (Å²) < 4.78 is 10.5. The molecule has 0 bridgehead atoms. The molecule has 1 aliphatic heterocycles. The fourth-order valence-electron chi connectivity index (χ4n) is 2.03. The highest BCUT2D eigenvalue weighted by molar-refractivity contribution is 5.66. The SMILES string of the molecule is CCCCCCCC[C@@H]1OCC1OC(C)=O. The Balaban J connectivity index is 1.95. The number of hydrogen-bond acceptors (Lipinski definition) is 3. The van der Waals surface area contributed by atoms with Crippen molar-refractivity contribution in [3.63, 3.8) is 0 Å². The third-order valence-electron chi connectivity index (χ3n) is 3.05. The van der Waals surface area contributed by atoms with Crippen molar-refractivity contribution >= 4 is 5.97 Å². The monoisotopic (exact) mass is 228 g/mol. The second-order valence-corrected chi connectivity index (χ2v) is 4.58. The van der Waals surface area contributed by atoms with Crippen LogP contribution < -0.4 is 0 Å². The van der Waals surface area contributed by atoms with E-state index in [4.69, 9.17) is 9.47 Å². The molecule has 0 radical (unpaired) electrons. The Morgan fingerprint density at radius 1 is 1.25 bits per heavy atom. The molecule has 1 unspecified atom stereocenters. The van der Waals surface area contributed by atoms with E-state index in [1.165, 1.54) is 45.4 Å². The maximum atomic E-state index is 10.8. The first-order chi connectivity index (χ1) is 7.74. The second-order valence-electron chi connectivity index (χ2n) is 4.58. The lowest BCUT2D eigenvalue weighted by Gasteiger charge is -2.35. The van der Waals surface area contributed by atoms with Crippen molar-refractivity contribution in [2.45, 2.75) is 71.0 Å². The van der Waals surface area contributed by atoms with Gasteiger partial charge in [0.25, 0.3) is 0 Å². The van der Waals surface area contributed by atoms with Crippen molar-refractivity contribution < 1.29 is 14.3 Å². The van der Waals surface area contributed by atoms with Crippen LogP contribution in [0.2, 0.25) is 0 Å². The lowest BCUT2D eigenvalue weighted by molar-refractivity contribution is -0.197. The molecular formula is C13H24O3. The number of carbonyl (C=O) groups is 1. The molecule has 0 saturated carbocycles. The number of carbonyl (C=O) groups excluding carboxylic acids is 1. The van der Waals surface area contributed by atoms with E-state index in [-0.39, 0.29) is 18.2 Å². The quantitative estimate of drug-likeness (QED) is 0.473. The van der Waals surface area contributed by atoms with Gasteiger partial charge in [-0.2, -0.15) is 0 Å². The number of esters is 1. The van der Waals surface area contributed by atoms with Gasteiger partial charge in [0.2, 0.25) is 0 Å². The zero-order valence-electron chi connectivity index (χ0n) is 10.5. The van der Waals surface area contributed by atoms with Gasteiger partial charge in [0.1, 0.15) is 0 Å². The zero-order valence-corrected chi connectivity index (χ0v) is 10.5. The molecule has 1 saturated heterocycles. The molecule has 0 aliphatic carbocycles. The van der Waals surface area contributed by atoms with Crippen LogP contribution in [-0.4, -0.2) is 24.8 Å². The van der Waals surface area contributed by atoms with Gasteiger partial charge in [-0.25, -0.2) is 0 Å². The smallest absolute Gasteiger partial charge is 0.303 e. The van der Waals surface area contributed by atoms with Crippen LogP contribution in [0.5, 0.6) is 0 Å². The van der Waals surface area contributed by atoms with Crippen LogP contribution in [0.4, 0.5) is 0 Å². The Hall–Kier alpha value is -0.570. The van der Waals surface area contributed by atoms with Crippen LogP contribution in [-0.2, 0) is 14.3 Å². The van der Waals surface area contributed by atoms with Crippen molar-refractivity contribution in [2.75, 3.05) is 6.61 Å². The van der Waals surface area contributed by atoms with E-state index in [0.717, 1.165) is 6.42 Å². The average molecular weight is 228 g/mol. The lowest BCUT2D eigenvalue weighted by atomic mass is 10.0. The van der Waals surface area contributed by atoms with E-state index in [1.54, 1.807) is 0 Å². The summed E-state index contributed by atoms with van der Waals surface area (Å²) in [7, 11) is 0. The molecule has 0 N–H and O–H groups in total. The molecule has 94 valence electrons. The highest BCUT2D eigenvalue weighted by Gasteiger charge is 2.33. The first-order valence-corrected chi connectivity index (χ1v) is 6.53. The molecule has 3 nitrogen and oxygen atoms in total. The van der Waals surface area contributed by atoms with E-state index in [9.17, 15) is 4.79 Å². The topological polar surface area (TPSA) is 35.5 Å². The van der Waals surface area contributed by atoms with Gasteiger partial charge in [0, 0.05) is 6.92 Å². The maximum absolute atomic E-state index is 10.8. The Bertz CT molecular complexity index is 203. The van der Waals surface area contributed by atoms with Gasteiger partial charge in [-0.05, 0) is 6.42 Å².